The molecule has 0 spiro atoms. The maximum atomic E-state index is 11.9. The van der Waals surface area contributed by atoms with Crippen molar-refractivity contribution in [3.63, 3.8) is 0 Å². The molecule has 1 aliphatic heterocycles. The molecule has 1 aromatic heterocycles. The first-order chi connectivity index (χ1) is 6.66. The number of nitrogens with two attached hydrogens (primary N) is 1. The lowest BCUT2D eigenvalue weighted by atomic mass is 10.3. The Hall–Kier alpha value is -0.390. The third-order valence-corrected chi connectivity index (χ3v) is 3.97. The largest absolute Gasteiger partial charge is 0.336 e. The van der Waals surface area contributed by atoms with Gasteiger partial charge >= 0.3 is 0 Å². The van der Waals surface area contributed by atoms with E-state index in [0.29, 0.717) is 6.54 Å². The van der Waals surface area contributed by atoms with Crippen LogP contribution in [0.5, 0.6) is 0 Å². The van der Waals surface area contributed by atoms with E-state index in [-0.39, 0.29) is 11.9 Å². The molecule has 0 radical (unpaired) electrons. The van der Waals surface area contributed by atoms with Crippen LogP contribution < -0.4 is 5.73 Å². The Labute approximate surface area is 95.0 Å². The van der Waals surface area contributed by atoms with Gasteiger partial charge in [0.25, 0.3) is 5.91 Å². The van der Waals surface area contributed by atoms with E-state index in [2.05, 4.69) is 15.9 Å². The molecular formula is C9H11BrN2OS. The topological polar surface area (TPSA) is 46.3 Å². The highest BCUT2D eigenvalue weighted by molar-refractivity contribution is 9.10. The third-order valence-electron chi connectivity index (χ3n) is 2.29. The number of amides is 1. The molecule has 0 unspecified atom stereocenters. The maximum absolute atomic E-state index is 11.9. The van der Waals surface area contributed by atoms with Crippen molar-refractivity contribution in [3.05, 3.63) is 20.8 Å². The summed E-state index contributed by atoms with van der Waals surface area (Å²) in [4.78, 5) is 14.5. The fourth-order valence-corrected chi connectivity index (χ4v) is 2.95. The van der Waals surface area contributed by atoms with E-state index in [1.807, 2.05) is 16.3 Å². The average molecular weight is 275 g/mol. The Kier molecular flexibility index (Phi) is 2.90. The van der Waals surface area contributed by atoms with Gasteiger partial charge in [0.15, 0.2) is 0 Å². The van der Waals surface area contributed by atoms with Crippen LogP contribution >= 0.6 is 27.3 Å². The zero-order chi connectivity index (χ0) is 10.1. The lowest BCUT2D eigenvalue weighted by molar-refractivity contribution is 0.0795. The van der Waals surface area contributed by atoms with E-state index in [1.165, 1.54) is 11.3 Å². The van der Waals surface area contributed by atoms with Crippen molar-refractivity contribution >= 4 is 33.2 Å². The van der Waals surface area contributed by atoms with Gasteiger partial charge in [0.05, 0.1) is 4.88 Å². The normalized spacial score (nSPS) is 21.6. The highest BCUT2D eigenvalue weighted by Crippen LogP contribution is 2.22. The van der Waals surface area contributed by atoms with Crippen LogP contribution in [0, 0.1) is 0 Å². The van der Waals surface area contributed by atoms with Gasteiger partial charge in [0.1, 0.15) is 0 Å². The van der Waals surface area contributed by atoms with Gasteiger partial charge in [-0.25, -0.2) is 0 Å². The van der Waals surface area contributed by atoms with Crippen molar-refractivity contribution in [2.75, 3.05) is 13.1 Å². The zero-order valence-corrected chi connectivity index (χ0v) is 9.97. The van der Waals surface area contributed by atoms with Crippen molar-refractivity contribution in [3.8, 4) is 0 Å². The van der Waals surface area contributed by atoms with Gasteiger partial charge in [-0.2, -0.15) is 0 Å². The number of thiophene rings is 1. The average Bonchev–Trinajstić information content (AvgIpc) is 2.73. The molecule has 2 N–H and O–H groups in total. The molecule has 1 fully saturated rings. The summed E-state index contributed by atoms with van der Waals surface area (Å²) in [5.74, 6) is 0.105. The summed E-state index contributed by atoms with van der Waals surface area (Å²) < 4.78 is 0.967. The number of hydrogen-bond acceptors (Lipinski definition) is 3. The number of halogens is 1. The maximum Gasteiger partial charge on any atom is 0.264 e. The van der Waals surface area contributed by atoms with Crippen LogP contribution in [0.2, 0.25) is 0 Å². The summed E-state index contributed by atoms with van der Waals surface area (Å²) in [5, 5.41) is 1.92. The van der Waals surface area contributed by atoms with Gasteiger partial charge in [-0.05, 0) is 28.4 Å². The molecule has 1 aliphatic rings. The molecule has 0 aromatic carbocycles. The molecule has 1 atom stereocenters. The Bertz CT molecular complexity index is 352. The summed E-state index contributed by atoms with van der Waals surface area (Å²) in [6, 6.07) is 2.01. The first-order valence-corrected chi connectivity index (χ1v) is 6.13. The van der Waals surface area contributed by atoms with Gasteiger partial charge in [-0.3, -0.25) is 4.79 Å². The molecule has 0 bridgehead atoms. The van der Waals surface area contributed by atoms with Crippen LogP contribution in [0.3, 0.4) is 0 Å². The number of nitrogens with zero attached hydrogens (tertiary/aromatic N) is 1. The quantitative estimate of drug-likeness (QED) is 0.847. The van der Waals surface area contributed by atoms with Crippen LogP contribution in [0.25, 0.3) is 0 Å². The molecule has 5 heteroatoms. The van der Waals surface area contributed by atoms with Crippen LogP contribution in [0.1, 0.15) is 16.1 Å². The Morgan fingerprint density at radius 1 is 1.71 bits per heavy atom. The second kappa shape index (κ2) is 4.00. The molecule has 2 heterocycles. The first kappa shape index (κ1) is 10.1. The number of hydrogen-bond donors (Lipinski definition) is 1. The van der Waals surface area contributed by atoms with E-state index in [1.54, 1.807) is 0 Å². The SMILES string of the molecule is N[C@H]1CCN(C(=O)c2cc(Br)cs2)C1. The van der Waals surface area contributed by atoms with Crippen LogP contribution in [0.15, 0.2) is 15.9 Å². The van der Waals surface area contributed by atoms with Gasteiger partial charge in [0.2, 0.25) is 0 Å². The van der Waals surface area contributed by atoms with Crippen molar-refractivity contribution in [1.82, 2.24) is 4.90 Å². The van der Waals surface area contributed by atoms with Crippen molar-refractivity contribution in [2.24, 2.45) is 5.73 Å². The second-order valence-corrected chi connectivity index (χ2v) is 5.26. The Morgan fingerprint density at radius 3 is 3.00 bits per heavy atom. The fourth-order valence-electron chi connectivity index (χ4n) is 1.55. The minimum Gasteiger partial charge on any atom is -0.336 e. The monoisotopic (exact) mass is 274 g/mol. The molecule has 3 nitrogen and oxygen atoms in total. The summed E-state index contributed by atoms with van der Waals surface area (Å²) in [6.45, 7) is 1.48. The molecule has 0 saturated carbocycles. The minimum absolute atomic E-state index is 0.105. The van der Waals surface area contributed by atoms with Crippen molar-refractivity contribution in [2.45, 2.75) is 12.5 Å². The molecule has 2 rings (SSSR count). The first-order valence-electron chi connectivity index (χ1n) is 4.45. The van der Waals surface area contributed by atoms with Gasteiger partial charge in [-0.1, -0.05) is 0 Å². The van der Waals surface area contributed by atoms with Crippen LogP contribution in [-0.4, -0.2) is 29.9 Å². The summed E-state index contributed by atoms with van der Waals surface area (Å²) in [5.41, 5.74) is 5.75. The summed E-state index contributed by atoms with van der Waals surface area (Å²) in [6.07, 6.45) is 0.915. The molecule has 1 saturated heterocycles. The lowest BCUT2D eigenvalue weighted by Crippen LogP contribution is -2.31. The number of carbonyl (C=O) groups is 1. The van der Waals surface area contributed by atoms with E-state index in [0.717, 1.165) is 22.3 Å². The van der Waals surface area contributed by atoms with Crippen LogP contribution in [-0.2, 0) is 0 Å². The Balaban J connectivity index is 2.09. The fraction of sp³-hybridized carbons (Fsp3) is 0.444. The molecule has 0 aliphatic carbocycles. The standard InChI is InChI=1S/C9H11BrN2OS/c10-6-3-8(14-5-6)9(13)12-2-1-7(11)4-12/h3,5,7H,1-2,4,11H2/t7-/m0/s1. The molecule has 1 aromatic rings. The lowest BCUT2D eigenvalue weighted by Gasteiger charge is -2.13. The van der Waals surface area contributed by atoms with E-state index in [9.17, 15) is 4.79 Å². The van der Waals surface area contributed by atoms with Crippen molar-refractivity contribution in [1.29, 1.82) is 0 Å². The number of rotatable bonds is 1. The number of likely N-dealkylation sites (tertiary alicyclic amines) is 1. The molecule has 14 heavy (non-hydrogen) atoms. The third kappa shape index (κ3) is 1.99. The minimum atomic E-state index is 0.105. The molecular weight excluding hydrogens is 264 g/mol. The molecule has 1 amide bonds. The highest BCUT2D eigenvalue weighted by Gasteiger charge is 2.25. The Morgan fingerprint density at radius 2 is 2.50 bits per heavy atom. The smallest absolute Gasteiger partial charge is 0.264 e. The van der Waals surface area contributed by atoms with Gasteiger partial charge < -0.3 is 10.6 Å². The van der Waals surface area contributed by atoms with E-state index >= 15 is 0 Å². The van der Waals surface area contributed by atoms with E-state index in [4.69, 9.17) is 5.73 Å². The predicted octanol–water partition coefficient (Wildman–Crippen LogP) is 1.68. The van der Waals surface area contributed by atoms with Gasteiger partial charge in [-0.15, -0.1) is 11.3 Å². The van der Waals surface area contributed by atoms with Crippen molar-refractivity contribution < 1.29 is 4.79 Å². The van der Waals surface area contributed by atoms with Crippen LogP contribution in [0.4, 0.5) is 0 Å². The predicted molar refractivity (Wildman–Crippen MR) is 60.5 cm³/mol. The summed E-state index contributed by atoms with van der Waals surface area (Å²) >= 11 is 4.80. The molecule has 76 valence electrons. The second-order valence-electron chi connectivity index (χ2n) is 3.43. The summed E-state index contributed by atoms with van der Waals surface area (Å²) in [7, 11) is 0. The van der Waals surface area contributed by atoms with Gasteiger partial charge in [0, 0.05) is 29.0 Å². The van der Waals surface area contributed by atoms with E-state index < -0.39 is 0 Å². The highest BCUT2D eigenvalue weighted by atomic mass is 79.9. The zero-order valence-electron chi connectivity index (χ0n) is 7.57. The number of carbonyl (C=O) groups excluding carboxylic acids is 1.